The average molecular weight is 331 g/mol. The van der Waals surface area contributed by atoms with Gasteiger partial charge in [-0.25, -0.2) is 4.79 Å². The highest BCUT2D eigenvalue weighted by molar-refractivity contribution is 6.31. The van der Waals surface area contributed by atoms with Crippen LogP contribution in [0.3, 0.4) is 0 Å². The lowest BCUT2D eigenvalue weighted by atomic mass is 10.1. The van der Waals surface area contributed by atoms with Crippen LogP contribution in [-0.4, -0.2) is 13.1 Å². The second-order valence-electron chi connectivity index (χ2n) is 5.72. The van der Waals surface area contributed by atoms with Crippen molar-refractivity contribution in [3.63, 3.8) is 0 Å². The number of ether oxygens (including phenoxy) is 1. The van der Waals surface area contributed by atoms with Crippen LogP contribution in [0.15, 0.2) is 30.3 Å². The number of rotatable bonds is 3. The number of anilines is 2. The van der Waals surface area contributed by atoms with Gasteiger partial charge in [0.05, 0.1) is 12.8 Å². The molecule has 2 amide bonds. The first-order chi connectivity index (χ1) is 11.1. The van der Waals surface area contributed by atoms with Crippen LogP contribution < -0.4 is 15.4 Å². The molecule has 0 aromatic heterocycles. The Morgan fingerprint density at radius 1 is 1.13 bits per heavy atom. The Hall–Kier alpha value is -2.20. The van der Waals surface area contributed by atoms with Crippen LogP contribution in [0.5, 0.6) is 5.75 Å². The van der Waals surface area contributed by atoms with E-state index in [0.29, 0.717) is 16.5 Å². The molecule has 0 heterocycles. The van der Waals surface area contributed by atoms with Crippen LogP contribution >= 0.6 is 11.6 Å². The van der Waals surface area contributed by atoms with E-state index in [4.69, 9.17) is 16.3 Å². The molecule has 4 nitrogen and oxygen atoms in total. The molecule has 2 N–H and O–H groups in total. The zero-order chi connectivity index (χ0) is 16.4. The third kappa shape index (κ3) is 3.42. The lowest BCUT2D eigenvalue weighted by molar-refractivity contribution is 0.262. The summed E-state index contributed by atoms with van der Waals surface area (Å²) in [5.41, 5.74) is 4.97. The predicted octanol–water partition coefficient (Wildman–Crippen LogP) is 4.79. The maximum absolute atomic E-state index is 12.2. The quantitative estimate of drug-likeness (QED) is 0.850. The minimum absolute atomic E-state index is 0.303. The molecule has 2 aromatic carbocycles. The molecule has 2 aromatic rings. The third-order valence-corrected chi connectivity index (χ3v) is 4.49. The molecule has 0 bridgehead atoms. The highest BCUT2D eigenvalue weighted by Crippen LogP contribution is 2.31. The monoisotopic (exact) mass is 330 g/mol. The van der Waals surface area contributed by atoms with Gasteiger partial charge in [-0.3, -0.25) is 0 Å². The van der Waals surface area contributed by atoms with Crippen LogP contribution in [0.4, 0.5) is 16.2 Å². The van der Waals surface area contributed by atoms with E-state index in [1.165, 1.54) is 17.5 Å². The molecule has 0 aliphatic heterocycles. The smallest absolute Gasteiger partial charge is 0.323 e. The fraction of sp³-hybridized carbons (Fsp3) is 0.278. The van der Waals surface area contributed by atoms with Gasteiger partial charge >= 0.3 is 6.03 Å². The molecule has 23 heavy (non-hydrogen) atoms. The lowest BCUT2D eigenvalue weighted by Crippen LogP contribution is -2.20. The van der Waals surface area contributed by atoms with Gasteiger partial charge in [-0.2, -0.15) is 0 Å². The van der Waals surface area contributed by atoms with Crippen LogP contribution in [0, 0.1) is 6.92 Å². The van der Waals surface area contributed by atoms with E-state index in [0.717, 1.165) is 24.1 Å². The minimum Gasteiger partial charge on any atom is -0.495 e. The van der Waals surface area contributed by atoms with Gasteiger partial charge in [-0.15, -0.1) is 0 Å². The third-order valence-electron chi connectivity index (χ3n) is 4.09. The van der Waals surface area contributed by atoms with Crippen molar-refractivity contribution < 1.29 is 9.53 Å². The number of urea groups is 1. The number of hydrogen-bond acceptors (Lipinski definition) is 2. The highest BCUT2D eigenvalue weighted by Gasteiger charge is 2.13. The molecule has 5 heteroatoms. The number of methoxy groups -OCH3 is 1. The number of aryl methyl sites for hydroxylation is 3. The molecule has 0 radical (unpaired) electrons. The SMILES string of the molecule is COc1cc(Cl)c(C)cc1NC(=O)Nc1ccc2c(c1)CCC2. The molecular formula is C18H19ClN2O2. The molecule has 0 saturated heterocycles. The van der Waals surface area contributed by atoms with Crippen molar-refractivity contribution in [3.05, 3.63) is 52.0 Å². The lowest BCUT2D eigenvalue weighted by Gasteiger charge is -2.13. The first-order valence-corrected chi connectivity index (χ1v) is 7.98. The summed E-state index contributed by atoms with van der Waals surface area (Å²) in [5.74, 6) is 0.532. The van der Waals surface area contributed by atoms with Gasteiger partial charge in [-0.05, 0) is 61.1 Å². The summed E-state index contributed by atoms with van der Waals surface area (Å²) in [6.07, 6.45) is 3.39. The molecule has 120 valence electrons. The van der Waals surface area contributed by atoms with Crippen LogP contribution in [0.25, 0.3) is 0 Å². The van der Waals surface area contributed by atoms with Gasteiger partial charge in [0, 0.05) is 16.8 Å². The number of benzene rings is 2. The van der Waals surface area contributed by atoms with E-state index < -0.39 is 0 Å². The molecule has 1 aliphatic carbocycles. The molecule has 0 spiro atoms. The summed E-state index contributed by atoms with van der Waals surface area (Å²) in [6.45, 7) is 1.88. The highest BCUT2D eigenvalue weighted by atomic mass is 35.5. The zero-order valence-electron chi connectivity index (χ0n) is 13.2. The summed E-state index contributed by atoms with van der Waals surface area (Å²) in [7, 11) is 1.55. The van der Waals surface area contributed by atoms with Gasteiger partial charge < -0.3 is 15.4 Å². The summed E-state index contributed by atoms with van der Waals surface area (Å²) < 4.78 is 5.27. The van der Waals surface area contributed by atoms with Gasteiger partial charge in [-0.1, -0.05) is 17.7 Å². The van der Waals surface area contributed by atoms with Crippen molar-refractivity contribution in [3.8, 4) is 5.75 Å². The van der Waals surface area contributed by atoms with E-state index in [1.807, 2.05) is 19.1 Å². The predicted molar refractivity (Wildman–Crippen MR) is 93.8 cm³/mol. The molecular weight excluding hydrogens is 312 g/mol. The van der Waals surface area contributed by atoms with Crippen molar-refractivity contribution in [1.29, 1.82) is 0 Å². The fourth-order valence-electron chi connectivity index (χ4n) is 2.86. The topological polar surface area (TPSA) is 50.4 Å². The summed E-state index contributed by atoms with van der Waals surface area (Å²) in [4.78, 5) is 12.2. The van der Waals surface area contributed by atoms with Crippen LogP contribution in [0.2, 0.25) is 5.02 Å². The number of amides is 2. The Labute approximate surface area is 140 Å². The largest absolute Gasteiger partial charge is 0.495 e. The number of carbonyl (C=O) groups excluding carboxylic acids is 1. The Kier molecular flexibility index (Phi) is 4.44. The summed E-state index contributed by atoms with van der Waals surface area (Å²) in [5, 5.41) is 6.28. The number of fused-ring (bicyclic) bond motifs is 1. The number of halogens is 1. The maximum atomic E-state index is 12.2. The molecule has 0 saturated carbocycles. The fourth-order valence-corrected chi connectivity index (χ4v) is 3.02. The standard InChI is InChI=1S/C18H19ClN2O2/c1-11-8-16(17(23-2)10-15(11)19)21-18(22)20-14-7-6-12-4-3-5-13(12)9-14/h6-10H,3-5H2,1-2H3,(H2,20,21,22). The van der Waals surface area contributed by atoms with Crippen molar-refractivity contribution in [2.75, 3.05) is 17.7 Å². The Bertz CT molecular complexity index is 759. The van der Waals surface area contributed by atoms with Gasteiger partial charge in [0.1, 0.15) is 5.75 Å². The Morgan fingerprint density at radius 3 is 2.70 bits per heavy atom. The molecule has 3 rings (SSSR count). The van der Waals surface area contributed by atoms with Gasteiger partial charge in [0.25, 0.3) is 0 Å². The molecule has 0 fully saturated rings. The zero-order valence-corrected chi connectivity index (χ0v) is 14.0. The summed E-state index contributed by atoms with van der Waals surface area (Å²) in [6, 6.07) is 9.26. The first-order valence-electron chi connectivity index (χ1n) is 7.61. The minimum atomic E-state index is -0.303. The number of nitrogens with one attached hydrogen (secondary N) is 2. The van der Waals surface area contributed by atoms with E-state index in [1.54, 1.807) is 19.2 Å². The average Bonchev–Trinajstić information content (AvgIpc) is 2.98. The van der Waals surface area contributed by atoms with Gasteiger partial charge in [0.2, 0.25) is 0 Å². The summed E-state index contributed by atoms with van der Waals surface area (Å²) >= 11 is 6.08. The Morgan fingerprint density at radius 2 is 1.91 bits per heavy atom. The van der Waals surface area contributed by atoms with Crippen molar-refractivity contribution >= 4 is 29.0 Å². The molecule has 0 atom stereocenters. The first kappa shape index (κ1) is 15.7. The van der Waals surface area contributed by atoms with E-state index >= 15 is 0 Å². The van der Waals surface area contributed by atoms with Crippen LogP contribution in [-0.2, 0) is 12.8 Å². The van der Waals surface area contributed by atoms with Crippen molar-refractivity contribution in [2.45, 2.75) is 26.2 Å². The number of hydrogen-bond donors (Lipinski definition) is 2. The number of carbonyl (C=O) groups is 1. The van der Waals surface area contributed by atoms with E-state index in [9.17, 15) is 4.79 Å². The Balaban J connectivity index is 1.73. The molecule has 0 unspecified atom stereocenters. The maximum Gasteiger partial charge on any atom is 0.323 e. The van der Waals surface area contributed by atoms with E-state index in [2.05, 4.69) is 16.7 Å². The van der Waals surface area contributed by atoms with Crippen molar-refractivity contribution in [2.24, 2.45) is 0 Å². The van der Waals surface area contributed by atoms with Gasteiger partial charge in [0.15, 0.2) is 0 Å². The second-order valence-corrected chi connectivity index (χ2v) is 6.13. The van der Waals surface area contributed by atoms with E-state index in [-0.39, 0.29) is 6.03 Å². The van der Waals surface area contributed by atoms with Crippen molar-refractivity contribution in [1.82, 2.24) is 0 Å². The normalized spacial score (nSPS) is 12.7. The molecule has 1 aliphatic rings. The second kappa shape index (κ2) is 6.50. The van der Waals surface area contributed by atoms with Crippen LogP contribution in [0.1, 0.15) is 23.1 Å².